The third-order valence-corrected chi connectivity index (χ3v) is 4.44. The van der Waals surface area contributed by atoms with E-state index in [0.29, 0.717) is 11.4 Å². The van der Waals surface area contributed by atoms with Gasteiger partial charge in [0.2, 0.25) is 5.91 Å². The zero-order valence-electron chi connectivity index (χ0n) is 13.5. The Morgan fingerprint density at radius 3 is 2.56 bits per heavy atom. The second kappa shape index (κ2) is 7.65. The largest absolute Gasteiger partial charge is 0.369 e. The molecule has 1 N–H and O–H groups in total. The highest BCUT2D eigenvalue weighted by molar-refractivity contribution is 6.33. The molecule has 0 spiro atoms. The minimum Gasteiger partial charge on any atom is -0.369 e. The maximum atomic E-state index is 12.9. The quantitative estimate of drug-likeness (QED) is 0.905. The number of nitrogens with one attached hydrogen (secondary N) is 1. The zero-order valence-corrected chi connectivity index (χ0v) is 14.3. The van der Waals surface area contributed by atoms with Gasteiger partial charge >= 0.3 is 0 Å². The first-order chi connectivity index (χ1) is 12.0. The number of rotatable bonds is 4. The molecule has 0 aliphatic carbocycles. The standard InChI is InChI=1S/C17H18ClFN4O2/c18-16-14(22-8-2-1-3-9-22)10-20-23(17(16)25)11-15(24)21-13-6-4-12(19)5-7-13/h4-7,10H,1-3,8-9,11H2,(H,21,24). The van der Waals surface area contributed by atoms with Gasteiger partial charge in [-0.05, 0) is 43.5 Å². The molecule has 1 saturated heterocycles. The van der Waals surface area contributed by atoms with Crippen molar-refractivity contribution in [3.05, 3.63) is 51.7 Å². The number of amides is 1. The van der Waals surface area contributed by atoms with E-state index in [-0.39, 0.29) is 11.6 Å². The molecule has 8 heteroatoms. The highest BCUT2D eigenvalue weighted by Crippen LogP contribution is 2.24. The Kier molecular flexibility index (Phi) is 5.33. The van der Waals surface area contributed by atoms with Gasteiger partial charge in [-0.2, -0.15) is 5.10 Å². The second-order valence-corrected chi connectivity index (χ2v) is 6.29. The average Bonchev–Trinajstić information content (AvgIpc) is 2.62. The molecule has 2 heterocycles. The van der Waals surface area contributed by atoms with Crippen molar-refractivity contribution in [3.63, 3.8) is 0 Å². The van der Waals surface area contributed by atoms with Crippen LogP contribution in [0.3, 0.4) is 0 Å². The van der Waals surface area contributed by atoms with E-state index in [0.717, 1.165) is 30.6 Å². The van der Waals surface area contributed by atoms with Crippen molar-refractivity contribution in [1.82, 2.24) is 9.78 Å². The number of hydrogen-bond acceptors (Lipinski definition) is 4. The zero-order chi connectivity index (χ0) is 17.8. The lowest BCUT2D eigenvalue weighted by molar-refractivity contribution is -0.117. The molecule has 1 aliphatic heterocycles. The lowest BCUT2D eigenvalue weighted by Gasteiger charge is -2.29. The Morgan fingerprint density at radius 1 is 1.20 bits per heavy atom. The van der Waals surface area contributed by atoms with Gasteiger partial charge in [-0.1, -0.05) is 11.6 Å². The smallest absolute Gasteiger partial charge is 0.288 e. The van der Waals surface area contributed by atoms with Crippen LogP contribution in [0.1, 0.15) is 19.3 Å². The Balaban J connectivity index is 1.72. The summed E-state index contributed by atoms with van der Waals surface area (Å²) in [6.07, 6.45) is 4.81. The van der Waals surface area contributed by atoms with Gasteiger partial charge in [0.25, 0.3) is 5.56 Å². The number of halogens is 2. The summed E-state index contributed by atoms with van der Waals surface area (Å²) in [5, 5.41) is 6.73. The third kappa shape index (κ3) is 4.17. The van der Waals surface area contributed by atoms with Gasteiger partial charge in [0.15, 0.2) is 0 Å². The minimum atomic E-state index is -0.501. The molecule has 3 rings (SSSR count). The van der Waals surface area contributed by atoms with Crippen LogP contribution in [-0.4, -0.2) is 28.8 Å². The van der Waals surface area contributed by atoms with Crippen LogP contribution in [0.4, 0.5) is 15.8 Å². The first-order valence-electron chi connectivity index (χ1n) is 8.10. The summed E-state index contributed by atoms with van der Waals surface area (Å²) in [6, 6.07) is 5.36. The van der Waals surface area contributed by atoms with Crippen molar-refractivity contribution in [2.24, 2.45) is 0 Å². The van der Waals surface area contributed by atoms with E-state index in [9.17, 15) is 14.0 Å². The molecule has 0 bridgehead atoms. The van der Waals surface area contributed by atoms with Crippen molar-refractivity contribution >= 4 is 28.9 Å². The minimum absolute atomic E-state index is 0.0754. The molecule has 1 amide bonds. The fraction of sp³-hybridized carbons (Fsp3) is 0.353. The van der Waals surface area contributed by atoms with Gasteiger partial charge in [0.05, 0.1) is 11.9 Å². The van der Waals surface area contributed by atoms with Crippen LogP contribution in [0.2, 0.25) is 5.02 Å². The van der Waals surface area contributed by atoms with Crippen LogP contribution < -0.4 is 15.8 Å². The van der Waals surface area contributed by atoms with Gasteiger partial charge in [0.1, 0.15) is 17.4 Å². The highest BCUT2D eigenvalue weighted by atomic mass is 35.5. The molecule has 0 unspecified atom stereocenters. The SMILES string of the molecule is O=C(Cn1ncc(N2CCCCC2)c(Cl)c1=O)Nc1ccc(F)cc1. The van der Waals surface area contributed by atoms with E-state index < -0.39 is 17.3 Å². The number of piperidine rings is 1. The van der Waals surface area contributed by atoms with E-state index >= 15 is 0 Å². The van der Waals surface area contributed by atoms with Crippen LogP contribution in [0.25, 0.3) is 0 Å². The molecule has 132 valence electrons. The second-order valence-electron chi connectivity index (χ2n) is 5.91. The molecular formula is C17H18ClFN4O2. The highest BCUT2D eigenvalue weighted by Gasteiger charge is 2.18. The summed E-state index contributed by atoms with van der Waals surface area (Å²) in [7, 11) is 0. The molecule has 2 aromatic rings. The number of carbonyl (C=O) groups excluding carboxylic acids is 1. The van der Waals surface area contributed by atoms with Gasteiger partial charge in [-0.25, -0.2) is 9.07 Å². The van der Waals surface area contributed by atoms with Crippen LogP contribution >= 0.6 is 11.6 Å². The Morgan fingerprint density at radius 2 is 1.88 bits per heavy atom. The lowest BCUT2D eigenvalue weighted by atomic mass is 10.1. The maximum absolute atomic E-state index is 12.9. The number of nitrogens with zero attached hydrogens (tertiary/aromatic N) is 3. The van der Waals surface area contributed by atoms with Gasteiger partial charge in [-0.3, -0.25) is 9.59 Å². The molecule has 1 fully saturated rings. The van der Waals surface area contributed by atoms with E-state index in [1.165, 1.54) is 36.9 Å². The summed E-state index contributed by atoms with van der Waals surface area (Å²) in [4.78, 5) is 26.5. The normalized spacial score (nSPS) is 14.4. The molecule has 1 aromatic carbocycles. The summed E-state index contributed by atoms with van der Waals surface area (Å²) < 4.78 is 13.9. The predicted molar refractivity (Wildman–Crippen MR) is 94.6 cm³/mol. The van der Waals surface area contributed by atoms with Crippen LogP contribution in [-0.2, 0) is 11.3 Å². The Bertz CT molecular complexity index is 816. The predicted octanol–water partition coefficient (Wildman–Crippen LogP) is 2.66. The van der Waals surface area contributed by atoms with Crippen molar-refractivity contribution in [1.29, 1.82) is 0 Å². The molecule has 6 nitrogen and oxygen atoms in total. The molecule has 1 aromatic heterocycles. The maximum Gasteiger partial charge on any atom is 0.288 e. The number of aromatic nitrogens is 2. The first kappa shape index (κ1) is 17.4. The molecule has 0 saturated carbocycles. The van der Waals surface area contributed by atoms with E-state index in [2.05, 4.69) is 10.4 Å². The first-order valence-corrected chi connectivity index (χ1v) is 8.48. The summed E-state index contributed by atoms with van der Waals surface area (Å²) in [5.41, 5.74) is 0.552. The van der Waals surface area contributed by atoms with E-state index in [4.69, 9.17) is 11.6 Å². The lowest BCUT2D eigenvalue weighted by Crippen LogP contribution is -2.34. The van der Waals surface area contributed by atoms with E-state index in [1.54, 1.807) is 0 Å². The Hall–Kier alpha value is -2.41. The van der Waals surface area contributed by atoms with Crippen molar-refractivity contribution in [3.8, 4) is 0 Å². The number of carbonyl (C=O) groups is 1. The van der Waals surface area contributed by atoms with Crippen LogP contribution in [0.15, 0.2) is 35.3 Å². The molecular weight excluding hydrogens is 347 g/mol. The van der Waals surface area contributed by atoms with Gasteiger partial charge < -0.3 is 10.2 Å². The van der Waals surface area contributed by atoms with Crippen molar-refractivity contribution in [2.45, 2.75) is 25.8 Å². The topological polar surface area (TPSA) is 67.2 Å². The van der Waals surface area contributed by atoms with Crippen molar-refractivity contribution in [2.75, 3.05) is 23.3 Å². The average molecular weight is 365 g/mol. The summed E-state index contributed by atoms with van der Waals surface area (Å²) in [6.45, 7) is 1.42. The van der Waals surface area contributed by atoms with E-state index in [1.807, 2.05) is 4.90 Å². The van der Waals surface area contributed by atoms with Gasteiger partial charge in [0, 0.05) is 18.8 Å². The molecule has 0 atom stereocenters. The van der Waals surface area contributed by atoms with Gasteiger partial charge in [-0.15, -0.1) is 0 Å². The number of hydrogen-bond donors (Lipinski definition) is 1. The number of benzene rings is 1. The van der Waals surface area contributed by atoms with Crippen LogP contribution in [0, 0.1) is 5.82 Å². The molecule has 0 radical (unpaired) electrons. The fourth-order valence-corrected chi connectivity index (χ4v) is 3.06. The fourth-order valence-electron chi connectivity index (χ4n) is 2.79. The third-order valence-electron chi connectivity index (χ3n) is 4.08. The monoisotopic (exact) mass is 364 g/mol. The van der Waals surface area contributed by atoms with Crippen LogP contribution in [0.5, 0.6) is 0 Å². The molecule has 25 heavy (non-hydrogen) atoms. The number of anilines is 2. The van der Waals surface area contributed by atoms with Crippen molar-refractivity contribution < 1.29 is 9.18 Å². The Labute approximate surface area is 149 Å². The molecule has 1 aliphatic rings. The summed E-state index contributed by atoms with van der Waals surface area (Å²) in [5.74, 6) is -0.834. The summed E-state index contributed by atoms with van der Waals surface area (Å²) >= 11 is 6.20.